The summed E-state index contributed by atoms with van der Waals surface area (Å²) in [5.74, 6) is -1.32. The van der Waals surface area contributed by atoms with Gasteiger partial charge >= 0.3 is 0 Å². The molecular weight excluding hydrogens is 376 g/mol. The van der Waals surface area contributed by atoms with Gasteiger partial charge in [0.05, 0.1) is 11.6 Å². The molecule has 2 aromatic carbocycles. The summed E-state index contributed by atoms with van der Waals surface area (Å²) >= 11 is 6.00. The molecule has 0 fully saturated rings. The largest absolute Gasteiger partial charge is 0.503 e. The SMILES string of the molecule is CCC(=O)C1=C(O)C(=O)N(c2ccc(Cl)cc2)C1c1cn(C)c2ccccc12. The monoisotopic (exact) mass is 394 g/mol. The molecule has 1 atom stereocenters. The maximum atomic E-state index is 13.0. The van der Waals surface area contributed by atoms with Crippen molar-refractivity contribution in [3.05, 3.63) is 76.6 Å². The Morgan fingerprint density at radius 3 is 2.50 bits per heavy atom. The van der Waals surface area contributed by atoms with Crippen LogP contribution in [0.2, 0.25) is 5.02 Å². The number of benzene rings is 2. The van der Waals surface area contributed by atoms with Crippen LogP contribution in [0.5, 0.6) is 0 Å². The topological polar surface area (TPSA) is 62.5 Å². The van der Waals surface area contributed by atoms with Crippen LogP contribution < -0.4 is 4.90 Å². The molecular formula is C22H19ClN2O3. The number of fused-ring (bicyclic) bond motifs is 1. The molecule has 2 heterocycles. The van der Waals surface area contributed by atoms with Gasteiger partial charge in [-0.15, -0.1) is 0 Å². The minimum absolute atomic E-state index is 0.138. The van der Waals surface area contributed by atoms with Crippen molar-refractivity contribution in [1.82, 2.24) is 4.57 Å². The number of aliphatic hydroxyl groups excluding tert-OH is 1. The van der Waals surface area contributed by atoms with Crippen molar-refractivity contribution in [3.8, 4) is 0 Å². The van der Waals surface area contributed by atoms with E-state index in [4.69, 9.17) is 11.6 Å². The third-order valence-electron chi connectivity index (χ3n) is 5.16. The van der Waals surface area contributed by atoms with E-state index < -0.39 is 17.7 Å². The number of carbonyl (C=O) groups excluding carboxylic acids is 2. The Labute approximate surface area is 167 Å². The maximum absolute atomic E-state index is 13.0. The number of para-hydroxylation sites is 1. The molecule has 1 aliphatic rings. The van der Waals surface area contributed by atoms with Gasteiger partial charge in [0.1, 0.15) is 0 Å². The smallest absolute Gasteiger partial charge is 0.294 e. The van der Waals surface area contributed by atoms with E-state index in [-0.39, 0.29) is 17.8 Å². The van der Waals surface area contributed by atoms with Crippen molar-refractivity contribution in [1.29, 1.82) is 0 Å². The lowest BCUT2D eigenvalue weighted by Gasteiger charge is -2.26. The molecule has 4 rings (SSSR count). The molecule has 3 aromatic rings. The standard InChI is InChI=1S/C22H19ClN2O3/c1-3-18(26)19-20(16-12-24(2)17-7-5-4-6-15(16)17)25(22(28)21(19)27)14-10-8-13(23)9-11-14/h4-12,20,27H,3H2,1-2H3. The van der Waals surface area contributed by atoms with Gasteiger partial charge < -0.3 is 9.67 Å². The van der Waals surface area contributed by atoms with Gasteiger partial charge in [0.2, 0.25) is 0 Å². The number of amides is 1. The molecule has 1 amide bonds. The number of hydrogen-bond donors (Lipinski definition) is 1. The van der Waals surface area contributed by atoms with Gasteiger partial charge in [0, 0.05) is 46.8 Å². The predicted octanol–water partition coefficient (Wildman–Crippen LogP) is 4.71. The van der Waals surface area contributed by atoms with E-state index in [0.717, 1.165) is 16.5 Å². The van der Waals surface area contributed by atoms with E-state index in [1.165, 1.54) is 4.90 Å². The van der Waals surface area contributed by atoms with Crippen LogP contribution in [0.4, 0.5) is 5.69 Å². The van der Waals surface area contributed by atoms with E-state index in [0.29, 0.717) is 10.7 Å². The van der Waals surface area contributed by atoms with Gasteiger partial charge in [-0.25, -0.2) is 0 Å². The zero-order valence-corrected chi connectivity index (χ0v) is 16.3. The number of nitrogens with zero attached hydrogens (tertiary/aromatic N) is 2. The third kappa shape index (κ3) is 2.70. The summed E-state index contributed by atoms with van der Waals surface area (Å²) in [6.07, 6.45) is 2.11. The number of aromatic nitrogens is 1. The number of Topliss-reactive ketones (excluding diaryl/α,β-unsaturated/α-hetero) is 1. The average molecular weight is 395 g/mol. The van der Waals surface area contributed by atoms with Gasteiger partial charge in [0.15, 0.2) is 11.5 Å². The molecule has 28 heavy (non-hydrogen) atoms. The molecule has 1 N–H and O–H groups in total. The van der Waals surface area contributed by atoms with Crippen LogP contribution in [0, 0.1) is 0 Å². The van der Waals surface area contributed by atoms with Crippen molar-refractivity contribution in [2.45, 2.75) is 19.4 Å². The van der Waals surface area contributed by atoms with E-state index in [2.05, 4.69) is 0 Å². The molecule has 6 heteroatoms. The van der Waals surface area contributed by atoms with Crippen LogP contribution in [0.15, 0.2) is 66.1 Å². The second-order valence-electron chi connectivity index (χ2n) is 6.81. The molecule has 5 nitrogen and oxygen atoms in total. The van der Waals surface area contributed by atoms with Crippen molar-refractivity contribution in [3.63, 3.8) is 0 Å². The number of rotatable bonds is 4. The van der Waals surface area contributed by atoms with Gasteiger partial charge in [0.25, 0.3) is 5.91 Å². The second-order valence-corrected chi connectivity index (χ2v) is 7.24. The predicted molar refractivity (Wildman–Crippen MR) is 110 cm³/mol. The summed E-state index contributed by atoms with van der Waals surface area (Å²) < 4.78 is 1.96. The van der Waals surface area contributed by atoms with Gasteiger partial charge in [-0.1, -0.05) is 36.7 Å². The van der Waals surface area contributed by atoms with E-state index in [1.807, 2.05) is 42.1 Å². The van der Waals surface area contributed by atoms with Crippen molar-refractivity contribution in [2.24, 2.45) is 7.05 Å². The molecule has 1 aliphatic heterocycles. The zero-order chi connectivity index (χ0) is 20.0. The van der Waals surface area contributed by atoms with Crippen LogP contribution in [0.1, 0.15) is 24.9 Å². The van der Waals surface area contributed by atoms with Crippen LogP contribution in [0.3, 0.4) is 0 Å². The highest BCUT2D eigenvalue weighted by molar-refractivity contribution is 6.30. The van der Waals surface area contributed by atoms with Crippen LogP contribution >= 0.6 is 11.6 Å². The molecule has 0 saturated carbocycles. The first kappa shape index (κ1) is 18.3. The van der Waals surface area contributed by atoms with Crippen LogP contribution in [0.25, 0.3) is 10.9 Å². The highest BCUT2D eigenvalue weighted by atomic mass is 35.5. The Morgan fingerprint density at radius 1 is 1.14 bits per heavy atom. The molecule has 1 aromatic heterocycles. The lowest BCUT2D eigenvalue weighted by molar-refractivity contribution is -0.118. The fraction of sp³-hybridized carbons (Fsp3) is 0.182. The number of aryl methyl sites for hydroxylation is 1. The maximum Gasteiger partial charge on any atom is 0.294 e. The van der Waals surface area contributed by atoms with Crippen LogP contribution in [-0.2, 0) is 16.6 Å². The quantitative estimate of drug-likeness (QED) is 0.697. The second kappa shape index (κ2) is 6.84. The lowest BCUT2D eigenvalue weighted by Crippen LogP contribution is -2.30. The van der Waals surface area contributed by atoms with Gasteiger partial charge in [-0.05, 0) is 30.3 Å². The number of halogens is 1. The minimum atomic E-state index is -0.702. The summed E-state index contributed by atoms with van der Waals surface area (Å²) in [5.41, 5.74) is 2.48. The first-order valence-corrected chi connectivity index (χ1v) is 9.41. The van der Waals surface area contributed by atoms with Gasteiger partial charge in [-0.2, -0.15) is 0 Å². The first-order valence-electron chi connectivity index (χ1n) is 9.03. The molecule has 0 aliphatic carbocycles. The van der Waals surface area contributed by atoms with E-state index in [9.17, 15) is 14.7 Å². The molecule has 0 bridgehead atoms. The van der Waals surface area contributed by atoms with Crippen LogP contribution in [-0.4, -0.2) is 21.4 Å². The Balaban J connectivity index is 1.97. The Morgan fingerprint density at radius 2 is 1.82 bits per heavy atom. The fourth-order valence-electron chi connectivity index (χ4n) is 3.83. The lowest BCUT2D eigenvalue weighted by atomic mass is 9.94. The normalized spacial score (nSPS) is 17.0. The number of aliphatic hydroxyl groups is 1. The van der Waals surface area contributed by atoms with Crippen molar-refractivity contribution >= 4 is 39.9 Å². The van der Waals surface area contributed by atoms with Crippen molar-refractivity contribution in [2.75, 3.05) is 4.90 Å². The summed E-state index contributed by atoms with van der Waals surface area (Å²) in [6, 6.07) is 13.9. The number of hydrogen-bond acceptors (Lipinski definition) is 3. The molecule has 0 saturated heterocycles. The fourth-order valence-corrected chi connectivity index (χ4v) is 3.96. The van der Waals surface area contributed by atoms with E-state index in [1.54, 1.807) is 31.2 Å². The number of carbonyl (C=O) groups is 2. The molecule has 0 spiro atoms. The Bertz CT molecular complexity index is 1130. The molecule has 1 unspecified atom stereocenters. The molecule has 142 valence electrons. The Hall–Kier alpha value is -3.05. The molecule has 0 radical (unpaired) electrons. The Kier molecular flexibility index (Phi) is 4.47. The third-order valence-corrected chi connectivity index (χ3v) is 5.41. The summed E-state index contributed by atoms with van der Waals surface area (Å²) in [7, 11) is 1.92. The minimum Gasteiger partial charge on any atom is -0.503 e. The average Bonchev–Trinajstić information content (AvgIpc) is 3.17. The number of ketones is 1. The highest BCUT2D eigenvalue weighted by Crippen LogP contribution is 2.44. The van der Waals surface area contributed by atoms with Gasteiger partial charge in [-0.3, -0.25) is 14.5 Å². The summed E-state index contributed by atoms with van der Waals surface area (Å²) in [5, 5.41) is 12.1. The first-order chi connectivity index (χ1) is 13.4. The number of anilines is 1. The zero-order valence-electron chi connectivity index (χ0n) is 15.5. The van der Waals surface area contributed by atoms with Crippen molar-refractivity contribution < 1.29 is 14.7 Å². The summed E-state index contributed by atoms with van der Waals surface area (Å²) in [4.78, 5) is 27.1. The van der Waals surface area contributed by atoms with E-state index >= 15 is 0 Å². The summed E-state index contributed by atoms with van der Waals surface area (Å²) in [6.45, 7) is 1.72. The highest BCUT2D eigenvalue weighted by Gasteiger charge is 2.44.